The molecule has 4 rings (SSSR count). The van der Waals surface area contributed by atoms with Crippen molar-refractivity contribution < 1.29 is 9.53 Å². The van der Waals surface area contributed by atoms with Gasteiger partial charge in [-0.25, -0.2) is 9.78 Å². The monoisotopic (exact) mass is 401 g/mol. The summed E-state index contributed by atoms with van der Waals surface area (Å²) in [5, 5.41) is 0. The Hall–Kier alpha value is -3.21. The van der Waals surface area contributed by atoms with Crippen LogP contribution in [0.4, 0.5) is 0 Å². The number of rotatable bonds is 4. The number of aromatic nitrogens is 3. The quantitative estimate of drug-likeness (QED) is 0.543. The van der Waals surface area contributed by atoms with Gasteiger partial charge in [-0.1, -0.05) is 31.6 Å². The Kier molecular flexibility index (Phi) is 5.79. The Bertz CT molecular complexity index is 1130. The van der Waals surface area contributed by atoms with E-state index in [1.54, 1.807) is 6.20 Å². The van der Waals surface area contributed by atoms with Crippen molar-refractivity contribution in [3.8, 4) is 11.4 Å². The second-order valence-electron chi connectivity index (χ2n) is 7.78. The van der Waals surface area contributed by atoms with Gasteiger partial charge in [0.2, 0.25) is 0 Å². The molecule has 0 spiro atoms. The predicted octanol–water partition coefficient (Wildman–Crippen LogP) is 5.48. The van der Waals surface area contributed by atoms with E-state index in [9.17, 15) is 4.79 Å². The van der Waals surface area contributed by atoms with Crippen molar-refractivity contribution in [3.63, 3.8) is 0 Å². The van der Waals surface area contributed by atoms with Gasteiger partial charge in [0, 0.05) is 12.4 Å². The fraction of sp³-hybridized carbons (Fsp3) is 0.320. The maximum Gasteiger partial charge on any atom is 0.338 e. The van der Waals surface area contributed by atoms with Gasteiger partial charge in [0.25, 0.3) is 0 Å². The molecule has 0 bridgehead atoms. The van der Waals surface area contributed by atoms with Crippen molar-refractivity contribution in [1.29, 1.82) is 0 Å². The van der Waals surface area contributed by atoms with E-state index in [1.807, 2.05) is 40.9 Å². The molecule has 1 atom stereocenters. The first-order chi connectivity index (χ1) is 14.6. The largest absolute Gasteiger partial charge is 0.465 e. The van der Waals surface area contributed by atoms with Gasteiger partial charge in [-0.2, -0.15) is 0 Å². The molecule has 5 nitrogen and oxygen atoms in total. The number of hydrogen-bond donors (Lipinski definition) is 0. The minimum absolute atomic E-state index is 0.261. The average Bonchev–Trinajstić information content (AvgIpc) is 3.19. The molecule has 0 aromatic carbocycles. The Labute approximate surface area is 177 Å². The van der Waals surface area contributed by atoms with Gasteiger partial charge < -0.3 is 4.74 Å². The molecule has 1 aliphatic rings. The molecule has 154 valence electrons. The summed E-state index contributed by atoms with van der Waals surface area (Å²) in [6.45, 7) is 4.32. The van der Waals surface area contributed by atoms with Crippen LogP contribution in [0.3, 0.4) is 0 Å². The van der Waals surface area contributed by atoms with E-state index in [0.717, 1.165) is 59.4 Å². The maximum absolute atomic E-state index is 12.8. The Morgan fingerprint density at radius 1 is 1.23 bits per heavy atom. The molecule has 0 N–H and O–H groups in total. The summed E-state index contributed by atoms with van der Waals surface area (Å²) in [5.74, 6) is 0.120. The predicted molar refractivity (Wildman–Crippen MR) is 119 cm³/mol. The van der Waals surface area contributed by atoms with Gasteiger partial charge >= 0.3 is 5.97 Å². The lowest BCUT2D eigenvalue weighted by molar-refractivity contribution is -0.135. The molecular formula is C25H27N3O2. The van der Waals surface area contributed by atoms with Crippen molar-refractivity contribution in [2.24, 2.45) is 5.92 Å². The first-order valence-corrected chi connectivity index (χ1v) is 10.5. The third-order valence-corrected chi connectivity index (χ3v) is 5.77. The van der Waals surface area contributed by atoms with Crippen molar-refractivity contribution >= 4 is 17.2 Å². The minimum atomic E-state index is -0.261. The normalized spacial score (nSPS) is 17.4. The molecule has 0 aliphatic heterocycles. The van der Waals surface area contributed by atoms with Crippen molar-refractivity contribution in [1.82, 2.24) is 14.4 Å². The number of ether oxygens (including phenoxy) is 1. The van der Waals surface area contributed by atoms with Crippen LogP contribution in [0.25, 0.3) is 22.6 Å². The summed E-state index contributed by atoms with van der Waals surface area (Å²) in [4.78, 5) is 21.9. The zero-order valence-electron chi connectivity index (χ0n) is 17.8. The first kappa shape index (κ1) is 20.1. The summed E-state index contributed by atoms with van der Waals surface area (Å²) < 4.78 is 7.25. The van der Waals surface area contributed by atoms with E-state index in [-0.39, 0.29) is 5.97 Å². The number of imidazole rings is 1. The molecule has 3 heterocycles. The van der Waals surface area contributed by atoms with Crippen LogP contribution >= 0.6 is 0 Å². The maximum atomic E-state index is 12.8. The summed E-state index contributed by atoms with van der Waals surface area (Å²) >= 11 is 0. The van der Waals surface area contributed by atoms with E-state index in [1.165, 1.54) is 7.11 Å². The van der Waals surface area contributed by atoms with Crippen LogP contribution in [0, 0.1) is 5.92 Å². The van der Waals surface area contributed by atoms with Crippen LogP contribution in [-0.2, 0) is 9.53 Å². The minimum Gasteiger partial charge on any atom is -0.465 e. The van der Waals surface area contributed by atoms with E-state index < -0.39 is 0 Å². The summed E-state index contributed by atoms with van der Waals surface area (Å²) in [5.41, 5.74) is 6.44. The lowest BCUT2D eigenvalue weighted by Crippen LogP contribution is -2.13. The molecule has 0 saturated carbocycles. The van der Waals surface area contributed by atoms with E-state index in [2.05, 4.69) is 36.1 Å². The molecule has 0 saturated heterocycles. The Balaban J connectivity index is 1.91. The smallest absolute Gasteiger partial charge is 0.338 e. The number of carbonyl (C=O) groups is 1. The number of nitrogens with zero attached hydrogens (tertiary/aromatic N) is 3. The van der Waals surface area contributed by atoms with Crippen LogP contribution in [0.5, 0.6) is 0 Å². The molecule has 1 unspecified atom stereocenters. The second kappa shape index (κ2) is 8.66. The molecule has 0 radical (unpaired) electrons. The lowest BCUT2D eigenvalue weighted by Gasteiger charge is -2.21. The van der Waals surface area contributed by atoms with Gasteiger partial charge in [0.05, 0.1) is 30.3 Å². The number of pyridine rings is 2. The number of allylic oxidation sites excluding steroid dienone is 2. The molecule has 30 heavy (non-hydrogen) atoms. The Morgan fingerprint density at radius 2 is 2.10 bits per heavy atom. The molecule has 5 heteroatoms. The van der Waals surface area contributed by atoms with Gasteiger partial charge in [-0.05, 0) is 67.0 Å². The van der Waals surface area contributed by atoms with Crippen molar-refractivity contribution in [2.45, 2.75) is 39.5 Å². The van der Waals surface area contributed by atoms with Crippen molar-refractivity contribution in [2.75, 3.05) is 7.11 Å². The third-order valence-electron chi connectivity index (χ3n) is 5.77. The second-order valence-corrected chi connectivity index (χ2v) is 7.78. The first-order valence-electron chi connectivity index (χ1n) is 10.5. The molecule has 1 aliphatic carbocycles. The number of fused-ring (bicyclic) bond motifs is 1. The standard InChI is InChI=1S/C25H27N3O2/c1-4-18-9-7-8-17(2)14-20(24(18)25(29)30-3)19-11-12-23-27-15-22(28(23)16-19)21-10-5-6-13-26-21/h5-6,10-17H,4,7-9H2,1-3H3. The topological polar surface area (TPSA) is 56.5 Å². The van der Waals surface area contributed by atoms with Gasteiger partial charge in [0.1, 0.15) is 5.65 Å². The average molecular weight is 402 g/mol. The lowest BCUT2D eigenvalue weighted by atomic mass is 9.85. The summed E-state index contributed by atoms with van der Waals surface area (Å²) in [6, 6.07) is 9.88. The van der Waals surface area contributed by atoms with Gasteiger partial charge in [-0.15, -0.1) is 0 Å². The van der Waals surface area contributed by atoms with Gasteiger partial charge in [0.15, 0.2) is 0 Å². The summed E-state index contributed by atoms with van der Waals surface area (Å²) in [6.07, 6.45) is 11.8. The SMILES string of the molecule is CCC1=C(C(=O)OC)C(c2ccc3ncc(-c4ccccn4)n3c2)=CC(C)CCC1. The van der Waals surface area contributed by atoms with Crippen LogP contribution in [0.1, 0.15) is 45.1 Å². The highest BCUT2D eigenvalue weighted by Crippen LogP contribution is 2.35. The molecule has 3 aromatic rings. The van der Waals surface area contributed by atoms with Crippen LogP contribution in [-0.4, -0.2) is 27.4 Å². The molecule has 0 amide bonds. The van der Waals surface area contributed by atoms with E-state index in [0.29, 0.717) is 11.5 Å². The highest BCUT2D eigenvalue weighted by atomic mass is 16.5. The molecular weight excluding hydrogens is 374 g/mol. The number of carbonyl (C=O) groups excluding carboxylic acids is 1. The highest BCUT2D eigenvalue weighted by molar-refractivity contribution is 6.07. The van der Waals surface area contributed by atoms with Crippen molar-refractivity contribution in [3.05, 3.63) is 71.7 Å². The Morgan fingerprint density at radius 3 is 2.83 bits per heavy atom. The fourth-order valence-corrected chi connectivity index (χ4v) is 4.20. The van der Waals surface area contributed by atoms with Gasteiger partial charge in [-0.3, -0.25) is 9.38 Å². The molecule has 0 fully saturated rings. The highest BCUT2D eigenvalue weighted by Gasteiger charge is 2.24. The number of esters is 1. The van der Waals surface area contributed by atoms with Crippen LogP contribution < -0.4 is 0 Å². The molecule has 3 aromatic heterocycles. The fourth-order valence-electron chi connectivity index (χ4n) is 4.20. The van der Waals surface area contributed by atoms with Crippen LogP contribution in [0.2, 0.25) is 0 Å². The zero-order valence-corrected chi connectivity index (χ0v) is 17.8. The summed E-state index contributed by atoms with van der Waals surface area (Å²) in [7, 11) is 1.46. The number of hydrogen-bond acceptors (Lipinski definition) is 4. The van der Waals surface area contributed by atoms with Crippen LogP contribution in [0.15, 0.2) is 66.1 Å². The zero-order chi connectivity index (χ0) is 21.1. The number of methoxy groups -OCH3 is 1. The van der Waals surface area contributed by atoms with E-state index in [4.69, 9.17) is 4.74 Å². The van der Waals surface area contributed by atoms with E-state index >= 15 is 0 Å². The third kappa shape index (κ3) is 3.80.